The summed E-state index contributed by atoms with van der Waals surface area (Å²) >= 11 is 5.94. The third kappa shape index (κ3) is 4.33. The van der Waals surface area contributed by atoms with Crippen molar-refractivity contribution in [2.24, 2.45) is 5.41 Å². The highest BCUT2D eigenvalue weighted by molar-refractivity contribution is 6.30. The molecule has 0 bridgehead atoms. The Morgan fingerprint density at radius 2 is 1.81 bits per heavy atom. The van der Waals surface area contributed by atoms with Crippen molar-refractivity contribution in [3.8, 4) is 0 Å². The second-order valence-electron chi connectivity index (χ2n) is 7.82. The van der Waals surface area contributed by atoms with E-state index in [0.717, 1.165) is 17.5 Å². The maximum Gasteiger partial charge on any atom is 0.335 e. The number of rotatable bonds is 5. The van der Waals surface area contributed by atoms with E-state index >= 15 is 0 Å². The van der Waals surface area contributed by atoms with Gasteiger partial charge in [-0.3, -0.25) is 4.79 Å². The average molecular weight is 386 g/mol. The standard InChI is InChI=1S/C22H24ClNO3/c1-22(2,13-15-7-9-17(23)10-8-15)21(27)24-12-11-16(14-24)18-5-3-4-6-19(18)20(25)26/h3-10,16H,11-14H2,1-2H3,(H,25,26). The van der Waals surface area contributed by atoms with Crippen molar-refractivity contribution in [1.82, 2.24) is 4.90 Å². The van der Waals surface area contributed by atoms with Crippen molar-refractivity contribution in [2.45, 2.75) is 32.6 Å². The molecule has 0 aliphatic carbocycles. The molecule has 0 radical (unpaired) electrons. The number of carbonyl (C=O) groups excluding carboxylic acids is 1. The van der Waals surface area contributed by atoms with E-state index in [-0.39, 0.29) is 11.8 Å². The molecule has 4 nitrogen and oxygen atoms in total. The number of aromatic carboxylic acids is 1. The van der Waals surface area contributed by atoms with E-state index in [9.17, 15) is 14.7 Å². The number of likely N-dealkylation sites (tertiary alicyclic amines) is 1. The zero-order valence-corrected chi connectivity index (χ0v) is 16.4. The van der Waals surface area contributed by atoms with Crippen molar-refractivity contribution in [3.63, 3.8) is 0 Å². The Kier molecular flexibility index (Phi) is 5.56. The van der Waals surface area contributed by atoms with Crippen molar-refractivity contribution < 1.29 is 14.7 Å². The van der Waals surface area contributed by atoms with E-state index in [1.807, 2.05) is 55.1 Å². The number of carboxylic acids is 1. The summed E-state index contributed by atoms with van der Waals surface area (Å²) in [5.74, 6) is -0.751. The fraction of sp³-hybridized carbons (Fsp3) is 0.364. The third-order valence-corrected chi connectivity index (χ3v) is 5.50. The molecular formula is C22H24ClNO3. The highest BCUT2D eigenvalue weighted by Gasteiger charge is 2.37. The smallest absolute Gasteiger partial charge is 0.335 e. The Balaban J connectivity index is 1.71. The SMILES string of the molecule is CC(C)(Cc1ccc(Cl)cc1)C(=O)N1CCC(c2ccccc2C(=O)O)C1. The van der Waals surface area contributed by atoms with E-state index in [1.54, 1.807) is 12.1 Å². The maximum absolute atomic E-state index is 13.1. The second-order valence-corrected chi connectivity index (χ2v) is 8.25. The van der Waals surface area contributed by atoms with Gasteiger partial charge in [0.2, 0.25) is 5.91 Å². The molecule has 5 heteroatoms. The number of hydrogen-bond acceptors (Lipinski definition) is 2. The van der Waals surface area contributed by atoms with Crippen LogP contribution < -0.4 is 0 Å². The first-order valence-corrected chi connectivity index (χ1v) is 9.52. The van der Waals surface area contributed by atoms with Gasteiger partial charge in [-0.15, -0.1) is 0 Å². The lowest BCUT2D eigenvalue weighted by molar-refractivity contribution is -0.139. The van der Waals surface area contributed by atoms with Crippen LogP contribution in [0.2, 0.25) is 5.02 Å². The highest BCUT2D eigenvalue weighted by atomic mass is 35.5. The molecule has 0 saturated carbocycles. The van der Waals surface area contributed by atoms with Crippen molar-refractivity contribution >= 4 is 23.5 Å². The van der Waals surface area contributed by atoms with Gasteiger partial charge in [-0.25, -0.2) is 4.79 Å². The molecule has 1 N–H and O–H groups in total. The molecule has 1 saturated heterocycles. The number of nitrogens with zero attached hydrogens (tertiary/aromatic N) is 1. The molecule has 0 spiro atoms. The van der Waals surface area contributed by atoms with Gasteiger partial charge in [-0.05, 0) is 42.2 Å². The summed E-state index contributed by atoms with van der Waals surface area (Å²) in [5.41, 5.74) is 1.69. The predicted molar refractivity (Wildman–Crippen MR) is 106 cm³/mol. The van der Waals surface area contributed by atoms with Crippen LogP contribution in [0.25, 0.3) is 0 Å². The lowest BCUT2D eigenvalue weighted by Gasteiger charge is -2.29. The molecule has 0 aromatic heterocycles. The molecule has 1 aliphatic rings. The minimum Gasteiger partial charge on any atom is -0.478 e. The largest absolute Gasteiger partial charge is 0.478 e. The third-order valence-electron chi connectivity index (χ3n) is 5.24. The number of benzene rings is 2. The van der Waals surface area contributed by atoms with Crippen LogP contribution in [-0.2, 0) is 11.2 Å². The zero-order chi connectivity index (χ0) is 19.6. The van der Waals surface area contributed by atoms with Gasteiger partial charge >= 0.3 is 5.97 Å². The van der Waals surface area contributed by atoms with E-state index in [1.165, 1.54) is 0 Å². The number of amides is 1. The van der Waals surface area contributed by atoms with Crippen LogP contribution in [0.5, 0.6) is 0 Å². The Morgan fingerprint density at radius 3 is 2.48 bits per heavy atom. The molecule has 1 aliphatic heterocycles. The molecule has 142 valence electrons. The molecule has 1 amide bonds. The Hall–Kier alpha value is -2.33. The van der Waals surface area contributed by atoms with Crippen LogP contribution in [0, 0.1) is 5.41 Å². The number of halogens is 1. The van der Waals surface area contributed by atoms with Gasteiger partial charge < -0.3 is 10.0 Å². The van der Waals surface area contributed by atoms with Crippen LogP contribution in [0.15, 0.2) is 48.5 Å². The first-order chi connectivity index (χ1) is 12.8. The van der Waals surface area contributed by atoms with Gasteiger partial charge in [0, 0.05) is 29.4 Å². The van der Waals surface area contributed by atoms with Crippen molar-refractivity contribution in [3.05, 3.63) is 70.2 Å². The molecule has 27 heavy (non-hydrogen) atoms. The fourth-order valence-corrected chi connectivity index (χ4v) is 3.99. The Bertz CT molecular complexity index is 845. The molecule has 1 atom stereocenters. The summed E-state index contributed by atoms with van der Waals surface area (Å²) in [5, 5.41) is 10.1. The summed E-state index contributed by atoms with van der Waals surface area (Å²) < 4.78 is 0. The monoisotopic (exact) mass is 385 g/mol. The summed E-state index contributed by atoms with van der Waals surface area (Å²) in [6, 6.07) is 14.7. The van der Waals surface area contributed by atoms with Gasteiger partial charge in [0.05, 0.1) is 5.56 Å². The lowest BCUT2D eigenvalue weighted by atomic mass is 9.84. The van der Waals surface area contributed by atoms with Gasteiger partial charge in [0.25, 0.3) is 0 Å². The lowest BCUT2D eigenvalue weighted by Crippen LogP contribution is -2.40. The van der Waals surface area contributed by atoms with Crippen LogP contribution >= 0.6 is 11.6 Å². The summed E-state index contributed by atoms with van der Waals surface area (Å²) in [6.07, 6.45) is 1.42. The van der Waals surface area contributed by atoms with Crippen LogP contribution in [0.3, 0.4) is 0 Å². The van der Waals surface area contributed by atoms with E-state index in [4.69, 9.17) is 11.6 Å². The Labute approximate surface area is 164 Å². The highest BCUT2D eigenvalue weighted by Crippen LogP contribution is 2.33. The zero-order valence-electron chi connectivity index (χ0n) is 15.6. The van der Waals surface area contributed by atoms with Gasteiger partial charge in [0.1, 0.15) is 0 Å². The predicted octanol–water partition coefficient (Wildman–Crippen LogP) is 4.62. The molecule has 1 unspecified atom stereocenters. The quantitative estimate of drug-likeness (QED) is 0.816. The number of carbonyl (C=O) groups is 2. The van der Waals surface area contributed by atoms with Gasteiger partial charge in [-0.1, -0.05) is 55.8 Å². The number of hydrogen-bond donors (Lipinski definition) is 1. The van der Waals surface area contributed by atoms with Crippen molar-refractivity contribution in [2.75, 3.05) is 13.1 Å². The van der Waals surface area contributed by atoms with Crippen LogP contribution in [0.1, 0.15) is 47.7 Å². The first kappa shape index (κ1) is 19.4. The molecule has 3 rings (SSSR count). The summed E-state index contributed by atoms with van der Waals surface area (Å²) in [6.45, 7) is 5.14. The first-order valence-electron chi connectivity index (χ1n) is 9.14. The molecule has 1 fully saturated rings. The minimum atomic E-state index is -0.918. The molecule has 1 heterocycles. The van der Waals surface area contributed by atoms with E-state index in [0.29, 0.717) is 30.1 Å². The average Bonchev–Trinajstić information content (AvgIpc) is 3.12. The van der Waals surface area contributed by atoms with Gasteiger partial charge in [0.15, 0.2) is 0 Å². The Morgan fingerprint density at radius 1 is 1.15 bits per heavy atom. The molecular weight excluding hydrogens is 362 g/mol. The molecule has 2 aromatic carbocycles. The topological polar surface area (TPSA) is 57.6 Å². The molecule has 2 aromatic rings. The maximum atomic E-state index is 13.1. The summed E-state index contributed by atoms with van der Waals surface area (Å²) in [4.78, 5) is 26.5. The van der Waals surface area contributed by atoms with Crippen LogP contribution in [0.4, 0.5) is 0 Å². The van der Waals surface area contributed by atoms with Crippen LogP contribution in [-0.4, -0.2) is 35.0 Å². The van der Waals surface area contributed by atoms with E-state index in [2.05, 4.69) is 0 Å². The second kappa shape index (κ2) is 7.73. The van der Waals surface area contributed by atoms with E-state index < -0.39 is 11.4 Å². The summed E-state index contributed by atoms with van der Waals surface area (Å²) in [7, 11) is 0. The van der Waals surface area contributed by atoms with Crippen molar-refractivity contribution in [1.29, 1.82) is 0 Å². The number of carboxylic acid groups (broad SMARTS) is 1. The normalized spacial score (nSPS) is 17.1. The van der Waals surface area contributed by atoms with Gasteiger partial charge in [-0.2, -0.15) is 0 Å². The minimum absolute atomic E-state index is 0.0626. The fourth-order valence-electron chi connectivity index (χ4n) is 3.86.